The Balaban J connectivity index is 1.98. The fourth-order valence-electron chi connectivity index (χ4n) is 2.27. The maximum Gasteiger partial charge on any atom is 0.295 e. The molecule has 10 heteroatoms. The van der Waals surface area contributed by atoms with Gasteiger partial charge in [-0.25, -0.2) is 14.9 Å². The molecule has 26 heavy (non-hydrogen) atoms. The standard InChI is InChI=1S/C16H16FN5O3S/c1-26-10-2-3-12(11(17)6-10)20-14-13-9(8-19-21-13)7-18-15(14)16(24)22-25-5-4-23/h2-3,6-8,20,23H,4-5H2,1H3,(H,19,21)(H,22,24). The first kappa shape index (κ1) is 18.1. The van der Waals surface area contributed by atoms with Crippen LogP contribution in [0.4, 0.5) is 15.8 Å². The highest BCUT2D eigenvalue weighted by Gasteiger charge is 2.19. The number of rotatable bonds is 7. The summed E-state index contributed by atoms with van der Waals surface area (Å²) in [4.78, 5) is 22.1. The van der Waals surface area contributed by atoms with Gasteiger partial charge in [0.05, 0.1) is 36.3 Å². The Labute approximate surface area is 152 Å². The zero-order valence-electron chi connectivity index (χ0n) is 13.7. The molecule has 3 rings (SSSR count). The van der Waals surface area contributed by atoms with Crippen LogP contribution in [0.5, 0.6) is 0 Å². The van der Waals surface area contributed by atoms with Gasteiger partial charge in [0.15, 0.2) is 5.69 Å². The first-order valence-corrected chi connectivity index (χ1v) is 8.82. The van der Waals surface area contributed by atoms with E-state index in [-0.39, 0.29) is 30.3 Å². The summed E-state index contributed by atoms with van der Waals surface area (Å²) in [6.45, 7) is -0.309. The minimum atomic E-state index is -0.640. The first-order valence-electron chi connectivity index (χ1n) is 7.59. The molecule has 0 saturated carbocycles. The lowest BCUT2D eigenvalue weighted by atomic mass is 10.2. The molecule has 8 nitrogen and oxygen atoms in total. The Morgan fingerprint density at radius 1 is 1.42 bits per heavy atom. The van der Waals surface area contributed by atoms with E-state index in [1.54, 1.807) is 18.3 Å². The SMILES string of the molecule is CSc1ccc(Nc2c(C(=O)NOCCO)ncc3cn[nH]c23)c(F)c1. The number of nitrogens with one attached hydrogen (secondary N) is 3. The van der Waals surface area contributed by atoms with Crippen molar-refractivity contribution in [3.05, 3.63) is 42.1 Å². The summed E-state index contributed by atoms with van der Waals surface area (Å²) in [7, 11) is 0. The van der Waals surface area contributed by atoms with Crippen LogP contribution >= 0.6 is 11.8 Å². The number of benzene rings is 1. The van der Waals surface area contributed by atoms with E-state index in [1.165, 1.54) is 24.0 Å². The van der Waals surface area contributed by atoms with Crippen molar-refractivity contribution < 1.29 is 19.1 Å². The second-order valence-corrected chi connectivity index (χ2v) is 6.04. The summed E-state index contributed by atoms with van der Waals surface area (Å²) in [6.07, 6.45) is 4.87. The molecule has 1 aromatic carbocycles. The Hall–Kier alpha value is -2.69. The molecule has 0 unspecified atom stereocenters. The minimum Gasteiger partial charge on any atom is -0.394 e. The van der Waals surface area contributed by atoms with E-state index in [0.717, 1.165) is 4.90 Å². The van der Waals surface area contributed by atoms with E-state index in [9.17, 15) is 9.18 Å². The summed E-state index contributed by atoms with van der Waals surface area (Å²) in [6, 6.07) is 4.75. The Bertz CT molecular complexity index is 933. The van der Waals surface area contributed by atoms with Crippen molar-refractivity contribution in [1.29, 1.82) is 0 Å². The van der Waals surface area contributed by atoms with Crippen LogP contribution in [0.2, 0.25) is 0 Å². The average molecular weight is 377 g/mol. The molecular weight excluding hydrogens is 361 g/mol. The smallest absolute Gasteiger partial charge is 0.295 e. The molecule has 0 aliphatic carbocycles. The van der Waals surface area contributed by atoms with Crippen molar-refractivity contribution in [2.45, 2.75) is 4.90 Å². The topological polar surface area (TPSA) is 112 Å². The van der Waals surface area contributed by atoms with E-state index >= 15 is 0 Å². The molecule has 0 fully saturated rings. The third kappa shape index (κ3) is 3.77. The number of nitrogens with zero attached hydrogens (tertiary/aromatic N) is 2. The molecule has 0 radical (unpaired) electrons. The first-order chi connectivity index (χ1) is 12.6. The molecule has 136 valence electrons. The molecule has 0 saturated heterocycles. The monoisotopic (exact) mass is 377 g/mol. The van der Waals surface area contributed by atoms with E-state index < -0.39 is 11.7 Å². The van der Waals surface area contributed by atoms with Gasteiger partial charge in [-0.3, -0.25) is 14.7 Å². The molecule has 0 aliphatic rings. The Kier molecular flexibility index (Phi) is 5.66. The molecule has 0 spiro atoms. The molecular formula is C16H16FN5O3S. The van der Waals surface area contributed by atoms with Crippen LogP contribution < -0.4 is 10.8 Å². The van der Waals surface area contributed by atoms with Crippen LogP contribution in [-0.4, -0.2) is 45.7 Å². The fourth-order valence-corrected chi connectivity index (χ4v) is 2.70. The predicted molar refractivity (Wildman–Crippen MR) is 95.9 cm³/mol. The lowest BCUT2D eigenvalue weighted by Crippen LogP contribution is -2.26. The van der Waals surface area contributed by atoms with Crippen molar-refractivity contribution in [3.63, 3.8) is 0 Å². The van der Waals surface area contributed by atoms with Gasteiger partial charge in [0.25, 0.3) is 5.91 Å². The number of hydroxylamine groups is 1. The number of carbonyl (C=O) groups excluding carboxylic acids is 1. The van der Waals surface area contributed by atoms with Crippen molar-refractivity contribution >= 4 is 39.9 Å². The molecule has 3 aromatic rings. The average Bonchev–Trinajstić information content (AvgIpc) is 3.12. The fraction of sp³-hybridized carbons (Fsp3) is 0.188. The molecule has 0 aliphatic heterocycles. The van der Waals surface area contributed by atoms with Crippen LogP contribution in [0.3, 0.4) is 0 Å². The number of anilines is 2. The van der Waals surface area contributed by atoms with Crippen molar-refractivity contribution in [3.8, 4) is 0 Å². The molecule has 0 bridgehead atoms. The van der Waals surface area contributed by atoms with E-state index in [1.807, 2.05) is 6.26 Å². The second-order valence-electron chi connectivity index (χ2n) is 5.16. The summed E-state index contributed by atoms with van der Waals surface area (Å²) in [5, 5.41) is 19.0. The van der Waals surface area contributed by atoms with Gasteiger partial charge in [-0.1, -0.05) is 0 Å². The number of fused-ring (bicyclic) bond motifs is 1. The zero-order chi connectivity index (χ0) is 18.5. The van der Waals surface area contributed by atoms with Crippen molar-refractivity contribution in [1.82, 2.24) is 20.7 Å². The molecule has 2 heterocycles. The van der Waals surface area contributed by atoms with Crippen molar-refractivity contribution in [2.75, 3.05) is 24.8 Å². The van der Waals surface area contributed by atoms with Gasteiger partial charge < -0.3 is 10.4 Å². The maximum absolute atomic E-state index is 14.4. The number of aromatic nitrogens is 3. The normalized spacial score (nSPS) is 10.9. The van der Waals surface area contributed by atoms with Gasteiger partial charge in [-0.05, 0) is 24.5 Å². The third-order valence-electron chi connectivity index (χ3n) is 3.50. The zero-order valence-corrected chi connectivity index (χ0v) is 14.6. The van der Waals surface area contributed by atoms with Crippen LogP contribution in [0.1, 0.15) is 10.5 Å². The van der Waals surface area contributed by atoms with E-state index in [4.69, 9.17) is 9.94 Å². The molecule has 0 atom stereocenters. The maximum atomic E-state index is 14.4. The summed E-state index contributed by atoms with van der Waals surface area (Å²) < 4.78 is 14.4. The number of carbonyl (C=O) groups is 1. The Morgan fingerprint density at radius 3 is 3.00 bits per heavy atom. The van der Waals surface area contributed by atoms with Crippen LogP contribution in [-0.2, 0) is 4.84 Å². The predicted octanol–water partition coefficient (Wildman–Crippen LogP) is 2.22. The third-order valence-corrected chi connectivity index (χ3v) is 4.22. The number of amides is 1. The lowest BCUT2D eigenvalue weighted by Gasteiger charge is -2.13. The van der Waals surface area contributed by atoms with Gasteiger partial charge in [0.1, 0.15) is 5.82 Å². The number of aromatic amines is 1. The van der Waals surface area contributed by atoms with Crippen LogP contribution in [0.15, 0.2) is 35.5 Å². The number of aliphatic hydroxyl groups excluding tert-OH is 1. The van der Waals surface area contributed by atoms with Crippen LogP contribution in [0.25, 0.3) is 10.9 Å². The number of pyridine rings is 1. The van der Waals surface area contributed by atoms with Gasteiger partial charge >= 0.3 is 0 Å². The summed E-state index contributed by atoms with van der Waals surface area (Å²) in [5.74, 6) is -1.10. The number of hydrogen-bond donors (Lipinski definition) is 4. The lowest BCUT2D eigenvalue weighted by molar-refractivity contribution is 0.0165. The highest BCUT2D eigenvalue weighted by atomic mass is 32.2. The summed E-state index contributed by atoms with van der Waals surface area (Å²) >= 11 is 1.42. The van der Waals surface area contributed by atoms with Crippen molar-refractivity contribution in [2.24, 2.45) is 0 Å². The van der Waals surface area contributed by atoms with Gasteiger partial charge in [-0.2, -0.15) is 5.10 Å². The number of halogens is 1. The number of thioether (sulfide) groups is 1. The number of aliphatic hydroxyl groups is 1. The number of H-pyrrole nitrogens is 1. The number of hydrogen-bond acceptors (Lipinski definition) is 7. The second kappa shape index (κ2) is 8.13. The van der Waals surface area contributed by atoms with Gasteiger partial charge in [0, 0.05) is 16.5 Å². The molecule has 2 aromatic heterocycles. The van der Waals surface area contributed by atoms with E-state index in [2.05, 4.69) is 26.0 Å². The Morgan fingerprint density at radius 2 is 2.27 bits per heavy atom. The molecule has 1 amide bonds. The largest absolute Gasteiger partial charge is 0.394 e. The van der Waals surface area contributed by atoms with Gasteiger partial charge in [0.2, 0.25) is 0 Å². The highest BCUT2D eigenvalue weighted by molar-refractivity contribution is 7.98. The minimum absolute atomic E-state index is 0.00645. The quantitative estimate of drug-likeness (QED) is 0.284. The summed E-state index contributed by atoms with van der Waals surface area (Å²) in [5.41, 5.74) is 3.13. The van der Waals surface area contributed by atoms with Gasteiger partial charge in [-0.15, -0.1) is 11.8 Å². The van der Waals surface area contributed by atoms with E-state index in [0.29, 0.717) is 10.9 Å². The van der Waals surface area contributed by atoms with Crippen LogP contribution in [0, 0.1) is 5.82 Å². The molecule has 4 N–H and O–H groups in total. The highest BCUT2D eigenvalue weighted by Crippen LogP contribution is 2.30.